The van der Waals surface area contributed by atoms with Gasteiger partial charge in [0.05, 0.1) is 23.0 Å². The zero-order valence-electron chi connectivity index (χ0n) is 18.8. The van der Waals surface area contributed by atoms with Crippen LogP contribution in [0, 0.1) is 36.4 Å². The molecule has 1 aromatic rings. The molecule has 2 fully saturated rings. The smallest absolute Gasteiger partial charge is 0.347 e. The third-order valence-electron chi connectivity index (χ3n) is 6.57. The fourth-order valence-corrected chi connectivity index (χ4v) is 5.83. The minimum atomic E-state index is -3.10. The lowest BCUT2D eigenvalue weighted by molar-refractivity contribution is -0.277. The molecule has 0 spiro atoms. The van der Waals surface area contributed by atoms with E-state index in [2.05, 4.69) is 17.3 Å². The van der Waals surface area contributed by atoms with Gasteiger partial charge in [-0.15, -0.1) is 24.4 Å². The molecule has 186 valence electrons. The second-order valence-corrected chi connectivity index (χ2v) is 9.50. The minimum absolute atomic E-state index is 0.0347. The highest BCUT2D eigenvalue weighted by Crippen LogP contribution is 2.50. The molecule has 4 nitrogen and oxygen atoms in total. The zero-order chi connectivity index (χ0) is 24.7. The summed E-state index contributed by atoms with van der Waals surface area (Å²) in [6, 6.07) is 1.55. The molecule has 1 aliphatic heterocycles. The van der Waals surface area contributed by atoms with Gasteiger partial charge in [-0.25, -0.2) is 9.82 Å². The maximum absolute atomic E-state index is 15.1. The van der Waals surface area contributed by atoms with Crippen molar-refractivity contribution < 1.29 is 22.6 Å². The average molecular weight is 517 g/mol. The molecular weight excluding hydrogens is 488 g/mol. The van der Waals surface area contributed by atoms with Gasteiger partial charge in [0, 0.05) is 11.5 Å². The van der Waals surface area contributed by atoms with Crippen molar-refractivity contribution in [2.45, 2.75) is 75.1 Å². The van der Waals surface area contributed by atoms with E-state index in [1.807, 2.05) is 0 Å². The molecule has 0 bridgehead atoms. The molecule has 3 atom stereocenters. The van der Waals surface area contributed by atoms with Crippen LogP contribution in [0.15, 0.2) is 12.1 Å². The lowest BCUT2D eigenvalue weighted by Gasteiger charge is -2.44. The lowest BCUT2D eigenvalue weighted by atomic mass is 9.82. The van der Waals surface area contributed by atoms with Crippen LogP contribution in [0.25, 0.3) is 0 Å². The Morgan fingerprint density at radius 2 is 1.76 bits per heavy atom. The van der Waals surface area contributed by atoms with Gasteiger partial charge in [-0.3, -0.25) is 4.74 Å². The Morgan fingerprint density at radius 3 is 2.35 bits per heavy atom. The van der Waals surface area contributed by atoms with Crippen LogP contribution in [0.4, 0.5) is 13.2 Å². The first-order valence-electron chi connectivity index (χ1n) is 11.5. The van der Waals surface area contributed by atoms with E-state index in [1.165, 1.54) is 11.1 Å². The van der Waals surface area contributed by atoms with E-state index in [-0.39, 0.29) is 35.4 Å². The van der Waals surface area contributed by atoms with E-state index < -0.39 is 29.6 Å². The summed E-state index contributed by atoms with van der Waals surface area (Å²) in [5.74, 6) is 3.99. The van der Waals surface area contributed by atoms with Crippen LogP contribution in [0.2, 0.25) is 5.02 Å². The summed E-state index contributed by atoms with van der Waals surface area (Å²) < 4.78 is 53.6. The number of alkyl halides is 3. The number of benzene rings is 1. The minimum Gasteiger partial charge on any atom is -0.479 e. The number of halogens is 5. The Bertz CT molecular complexity index is 911. The molecule has 9 heteroatoms. The molecule has 1 heterocycles. The summed E-state index contributed by atoms with van der Waals surface area (Å²) in [5, 5.41) is 0.393. The average Bonchev–Trinajstić information content (AvgIpc) is 3.13. The standard InChI is InChI=1S/C25H29Cl2F3N2O2/c1-3-13-32-25(34-24(29)30,17-11-9-7-5-6-8-10-12-17)23(27)22(31-32)18-15-21(33-14-4-2)19(26)16-20(18)28/h1-2,15-17,22-24,31H,5-14H2. The number of nitrogens with one attached hydrogen (secondary N) is 1. The van der Waals surface area contributed by atoms with Gasteiger partial charge in [0.25, 0.3) is 0 Å². The van der Waals surface area contributed by atoms with Crippen LogP contribution in [0.5, 0.6) is 5.75 Å². The monoisotopic (exact) mass is 516 g/mol. The van der Waals surface area contributed by atoms with Gasteiger partial charge >= 0.3 is 6.61 Å². The second kappa shape index (κ2) is 12.4. The molecule has 1 aromatic carbocycles. The third-order valence-corrected chi connectivity index (χ3v) is 7.43. The molecule has 34 heavy (non-hydrogen) atoms. The zero-order valence-corrected chi connectivity index (χ0v) is 20.4. The first-order valence-corrected chi connectivity index (χ1v) is 12.3. The normalized spacial score (nSPS) is 26.9. The van der Waals surface area contributed by atoms with E-state index >= 15 is 4.39 Å². The van der Waals surface area contributed by atoms with Crippen LogP contribution >= 0.6 is 23.2 Å². The Kier molecular flexibility index (Phi) is 9.83. The van der Waals surface area contributed by atoms with Gasteiger partial charge in [-0.2, -0.15) is 13.8 Å². The Hall–Kier alpha value is -1.61. The molecule has 1 aliphatic carbocycles. The van der Waals surface area contributed by atoms with Crippen molar-refractivity contribution in [3.05, 3.63) is 28.5 Å². The van der Waals surface area contributed by atoms with Gasteiger partial charge in [-0.05, 0) is 25.0 Å². The van der Waals surface area contributed by atoms with Crippen molar-refractivity contribution in [1.29, 1.82) is 0 Å². The molecule has 1 saturated carbocycles. The van der Waals surface area contributed by atoms with Crippen molar-refractivity contribution in [2.75, 3.05) is 13.2 Å². The van der Waals surface area contributed by atoms with Crippen LogP contribution in [-0.2, 0) is 4.74 Å². The molecule has 2 aliphatic rings. The van der Waals surface area contributed by atoms with Gasteiger partial charge in [0.2, 0.25) is 0 Å². The molecule has 1 saturated heterocycles. The van der Waals surface area contributed by atoms with Crippen molar-refractivity contribution >= 4 is 23.2 Å². The highest BCUT2D eigenvalue weighted by Gasteiger charge is 2.60. The molecule has 3 rings (SSSR count). The number of hydrogen-bond acceptors (Lipinski definition) is 4. The SMILES string of the molecule is C#CCOc1cc(C2NN(CC#C)C(OC(F)F)(C3CCCCCCCC3)C2Cl)c(F)cc1Cl. The topological polar surface area (TPSA) is 33.7 Å². The molecule has 0 aromatic heterocycles. The third kappa shape index (κ3) is 5.78. The van der Waals surface area contributed by atoms with E-state index in [9.17, 15) is 8.78 Å². The highest BCUT2D eigenvalue weighted by molar-refractivity contribution is 6.32. The lowest BCUT2D eigenvalue weighted by Crippen LogP contribution is -2.59. The first-order chi connectivity index (χ1) is 16.3. The van der Waals surface area contributed by atoms with Crippen LogP contribution in [0.1, 0.15) is 63.0 Å². The summed E-state index contributed by atoms with van der Waals surface area (Å²) in [6.07, 6.45) is 18.0. The fourth-order valence-electron chi connectivity index (χ4n) is 5.08. The number of nitrogens with zero attached hydrogens (tertiary/aromatic N) is 1. The van der Waals surface area contributed by atoms with Crippen molar-refractivity contribution in [2.24, 2.45) is 5.92 Å². The molecule has 1 N–H and O–H groups in total. The molecule has 3 unspecified atom stereocenters. The molecule has 0 radical (unpaired) electrons. The number of hydrazine groups is 1. The number of ether oxygens (including phenoxy) is 2. The summed E-state index contributed by atoms with van der Waals surface area (Å²) in [5.41, 5.74) is 1.53. The predicted octanol–water partition coefficient (Wildman–Crippen LogP) is 6.28. The number of terminal acetylenes is 2. The number of rotatable bonds is 7. The summed E-state index contributed by atoms with van der Waals surface area (Å²) in [4.78, 5) is 0. The summed E-state index contributed by atoms with van der Waals surface area (Å²) >= 11 is 13.0. The van der Waals surface area contributed by atoms with Crippen LogP contribution in [0.3, 0.4) is 0 Å². The summed E-state index contributed by atoms with van der Waals surface area (Å²) in [7, 11) is 0. The highest BCUT2D eigenvalue weighted by atomic mass is 35.5. The van der Waals surface area contributed by atoms with Gasteiger partial charge in [0.15, 0.2) is 5.72 Å². The van der Waals surface area contributed by atoms with Gasteiger partial charge < -0.3 is 4.74 Å². The predicted molar refractivity (Wildman–Crippen MR) is 127 cm³/mol. The molecular formula is C25H29Cl2F3N2O2. The van der Waals surface area contributed by atoms with Gasteiger partial charge in [-0.1, -0.05) is 62.0 Å². The first kappa shape index (κ1) is 27.0. The quantitative estimate of drug-likeness (QED) is 0.341. The van der Waals surface area contributed by atoms with Crippen molar-refractivity contribution in [3.63, 3.8) is 0 Å². The summed E-state index contributed by atoms with van der Waals surface area (Å²) in [6.45, 7) is -3.23. The van der Waals surface area contributed by atoms with Crippen LogP contribution < -0.4 is 10.2 Å². The Morgan fingerprint density at radius 1 is 1.12 bits per heavy atom. The van der Waals surface area contributed by atoms with Crippen LogP contribution in [-0.4, -0.2) is 35.9 Å². The van der Waals surface area contributed by atoms with E-state index in [0.29, 0.717) is 12.8 Å². The Labute approximate surface area is 209 Å². The maximum Gasteiger partial charge on any atom is 0.347 e. The second-order valence-electron chi connectivity index (χ2n) is 8.62. The van der Waals surface area contributed by atoms with E-state index in [4.69, 9.17) is 45.5 Å². The fraction of sp³-hybridized carbons (Fsp3) is 0.600. The molecule has 0 amide bonds. The van der Waals surface area contributed by atoms with Crippen molar-refractivity contribution in [3.8, 4) is 30.4 Å². The Balaban J connectivity index is 2.06. The largest absolute Gasteiger partial charge is 0.479 e. The van der Waals surface area contributed by atoms with E-state index in [0.717, 1.165) is 44.6 Å². The number of hydrogen-bond donors (Lipinski definition) is 1. The van der Waals surface area contributed by atoms with Crippen molar-refractivity contribution in [1.82, 2.24) is 10.4 Å². The maximum atomic E-state index is 15.1. The van der Waals surface area contributed by atoms with E-state index in [1.54, 1.807) is 0 Å². The van der Waals surface area contributed by atoms with Gasteiger partial charge in [0.1, 0.15) is 18.2 Å².